The summed E-state index contributed by atoms with van der Waals surface area (Å²) >= 11 is 0. The molecule has 0 aromatic heterocycles. The summed E-state index contributed by atoms with van der Waals surface area (Å²) in [7, 11) is 0. The molecule has 4 saturated heterocycles. The van der Waals surface area contributed by atoms with Gasteiger partial charge in [-0.25, -0.2) is 0 Å². The Morgan fingerprint density at radius 2 is 1.75 bits per heavy atom. The van der Waals surface area contributed by atoms with E-state index in [1.165, 1.54) is 6.26 Å². The Kier molecular flexibility index (Phi) is 12.4. The summed E-state index contributed by atoms with van der Waals surface area (Å²) < 4.78 is 25.3. The van der Waals surface area contributed by atoms with Crippen LogP contribution in [0.5, 0.6) is 0 Å². The molecule has 13 heteroatoms. The van der Waals surface area contributed by atoms with Crippen molar-refractivity contribution in [2.24, 2.45) is 5.41 Å². The Bertz CT molecular complexity index is 1380. The molecule has 282 valence electrons. The molecule has 0 spiro atoms. The van der Waals surface area contributed by atoms with Crippen molar-refractivity contribution in [3.8, 4) is 0 Å². The van der Waals surface area contributed by atoms with Crippen molar-refractivity contribution in [1.29, 1.82) is 0 Å². The van der Waals surface area contributed by atoms with Crippen molar-refractivity contribution in [2.75, 3.05) is 32.9 Å². The van der Waals surface area contributed by atoms with Gasteiger partial charge in [-0.1, -0.05) is 63.8 Å². The van der Waals surface area contributed by atoms with E-state index in [0.29, 0.717) is 32.2 Å². The van der Waals surface area contributed by atoms with Crippen LogP contribution >= 0.6 is 0 Å². The minimum atomic E-state index is -1.36. The zero-order valence-electron chi connectivity index (χ0n) is 30.0. The van der Waals surface area contributed by atoms with E-state index in [1.807, 2.05) is 24.3 Å². The van der Waals surface area contributed by atoms with Crippen molar-refractivity contribution >= 4 is 23.9 Å². The number of amides is 2. The minimum Gasteiger partial charge on any atom is -0.499 e. The second-order valence-corrected chi connectivity index (χ2v) is 14.5. The third kappa shape index (κ3) is 7.56. The van der Waals surface area contributed by atoms with E-state index < -0.39 is 53.7 Å². The fraction of sp³-hybridized carbons (Fsp3) is 0.711. The largest absolute Gasteiger partial charge is 0.499 e. The molecule has 1 aliphatic carbocycles. The second kappa shape index (κ2) is 16.7. The van der Waals surface area contributed by atoms with Crippen LogP contribution in [0, 0.1) is 5.41 Å². The van der Waals surface area contributed by atoms with Gasteiger partial charge in [-0.15, -0.1) is 0 Å². The summed E-state index contributed by atoms with van der Waals surface area (Å²) in [5.41, 5.74) is 0.385. The summed E-state index contributed by atoms with van der Waals surface area (Å²) in [6.07, 6.45) is 9.28. The topological polar surface area (TPSA) is 156 Å². The number of hydroxylamine groups is 2. The number of ether oxygens (including phenoxy) is 4. The maximum atomic E-state index is 15.1. The van der Waals surface area contributed by atoms with Gasteiger partial charge in [0, 0.05) is 32.4 Å². The van der Waals surface area contributed by atoms with Gasteiger partial charge >= 0.3 is 5.97 Å². The average molecular weight is 714 g/mol. The van der Waals surface area contributed by atoms with Crippen molar-refractivity contribution in [1.82, 2.24) is 15.3 Å². The molecular formula is C38H55N3O10. The lowest BCUT2D eigenvalue weighted by Crippen LogP contribution is -2.70. The number of unbranched alkanes of at least 4 members (excludes halogenated alkanes) is 4. The maximum absolute atomic E-state index is 15.1. The number of nitrogens with one attached hydrogen (secondary N) is 1. The van der Waals surface area contributed by atoms with Gasteiger partial charge in [-0.3, -0.25) is 19.2 Å². The number of rotatable bonds is 18. The fourth-order valence-electron chi connectivity index (χ4n) is 8.69. The number of carbonyl (C=O) groups is 3. The Labute approximate surface area is 300 Å². The van der Waals surface area contributed by atoms with E-state index in [1.54, 1.807) is 16.0 Å². The van der Waals surface area contributed by atoms with E-state index >= 15 is 4.79 Å². The lowest BCUT2D eigenvalue weighted by Gasteiger charge is -2.50. The number of fused-ring (bicyclic) bond motifs is 4. The normalized spacial score (nSPS) is 30.8. The number of hydrogen-bond acceptors (Lipinski definition) is 11. The third-order valence-corrected chi connectivity index (χ3v) is 11.1. The molecule has 5 fully saturated rings. The van der Waals surface area contributed by atoms with Crippen LogP contribution < -0.4 is 5.32 Å². The number of aliphatic hydroxyl groups excluding tert-OH is 2. The van der Waals surface area contributed by atoms with Gasteiger partial charge in [0.25, 0.3) is 0 Å². The van der Waals surface area contributed by atoms with Crippen LogP contribution in [0.25, 0.3) is 6.08 Å². The molecule has 1 aromatic carbocycles. The third-order valence-electron chi connectivity index (χ3n) is 11.1. The lowest BCUT2D eigenvalue weighted by molar-refractivity contribution is -0.225. The molecule has 2 amide bonds. The second-order valence-electron chi connectivity index (χ2n) is 14.5. The van der Waals surface area contributed by atoms with E-state index in [0.717, 1.165) is 49.7 Å². The van der Waals surface area contributed by atoms with Crippen LogP contribution in [-0.2, 0) is 44.7 Å². The number of nitrogens with zero attached hydrogens (tertiary/aromatic N) is 2. The first-order chi connectivity index (χ1) is 24.8. The van der Waals surface area contributed by atoms with Gasteiger partial charge in [0.05, 0.1) is 26.0 Å². The molecule has 7 atom stereocenters. The fourth-order valence-corrected chi connectivity index (χ4v) is 8.69. The maximum Gasteiger partial charge on any atom is 0.327 e. The predicted octanol–water partition coefficient (Wildman–Crippen LogP) is 3.21. The highest BCUT2D eigenvalue weighted by atomic mass is 16.8. The molecule has 3 N–H and O–H groups in total. The summed E-state index contributed by atoms with van der Waals surface area (Å²) in [6.45, 7) is 4.93. The average Bonchev–Trinajstić information content (AvgIpc) is 3.86. The number of benzene rings is 1. The molecule has 4 aliphatic heterocycles. The summed E-state index contributed by atoms with van der Waals surface area (Å²) in [5.74, 6) is -2.03. The molecule has 13 nitrogen and oxygen atoms in total. The summed E-state index contributed by atoms with van der Waals surface area (Å²) in [4.78, 5) is 51.0. The highest BCUT2D eigenvalue weighted by Gasteiger charge is 2.77. The smallest absolute Gasteiger partial charge is 0.327 e. The number of carbonyl (C=O) groups excluding carboxylic acids is 3. The predicted molar refractivity (Wildman–Crippen MR) is 185 cm³/mol. The molecule has 5 aliphatic rings. The monoisotopic (exact) mass is 713 g/mol. The quantitative estimate of drug-likeness (QED) is 0.117. The van der Waals surface area contributed by atoms with Crippen molar-refractivity contribution in [3.05, 3.63) is 41.7 Å². The summed E-state index contributed by atoms with van der Waals surface area (Å²) in [6, 6.07) is 5.91. The Morgan fingerprint density at radius 1 is 1.02 bits per heavy atom. The molecule has 51 heavy (non-hydrogen) atoms. The Morgan fingerprint density at radius 3 is 2.43 bits per heavy atom. The van der Waals surface area contributed by atoms with Crippen molar-refractivity contribution < 1.29 is 48.4 Å². The van der Waals surface area contributed by atoms with Crippen LogP contribution in [-0.4, -0.2) is 113 Å². The number of aliphatic hydroxyl groups is 2. The van der Waals surface area contributed by atoms with Crippen molar-refractivity contribution in [3.63, 3.8) is 0 Å². The van der Waals surface area contributed by atoms with Crippen LogP contribution in [0.2, 0.25) is 0 Å². The number of hydrogen-bond donors (Lipinski definition) is 3. The molecule has 0 radical (unpaired) electrons. The SMILES string of the molecule is CCCCCC1(CCCCC)O[C@@H]2[C@H](O1)[C@H]1ON(Cc3ccc(C=COCCO)cc3)[C@H]3C(=O)O[C@@H]2C[C@@]13C(=O)N1CCC[C@@H]1C(=O)NCCO. The molecule has 0 unspecified atom stereocenters. The lowest BCUT2D eigenvalue weighted by atomic mass is 9.62. The minimum absolute atomic E-state index is 0.0682. The first-order valence-electron chi connectivity index (χ1n) is 19.0. The van der Waals surface area contributed by atoms with Gasteiger partial charge in [-0.2, -0.15) is 5.06 Å². The highest BCUT2D eigenvalue weighted by Crippen LogP contribution is 2.59. The van der Waals surface area contributed by atoms with Gasteiger partial charge < -0.3 is 39.4 Å². The summed E-state index contributed by atoms with van der Waals surface area (Å²) in [5, 5.41) is 22.6. The van der Waals surface area contributed by atoms with E-state index in [9.17, 15) is 14.7 Å². The van der Waals surface area contributed by atoms with Gasteiger partial charge in [0.1, 0.15) is 42.5 Å². The molecule has 1 aromatic rings. The molecule has 2 bridgehead atoms. The highest BCUT2D eigenvalue weighted by molar-refractivity contribution is 5.96. The van der Waals surface area contributed by atoms with Gasteiger partial charge in [0.15, 0.2) is 11.8 Å². The molecule has 6 rings (SSSR count). The number of esters is 1. The zero-order chi connectivity index (χ0) is 36.0. The van der Waals surface area contributed by atoms with Crippen LogP contribution in [0.3, 0.4) is 0 Å². The molecule has 4 heterocycles. The van der Waals surface area contributed by atoms with E-state index in [2.05, 4.69) is 19.2 Å². The first-order valence-corrected chi connectivity index (χ1v) is 19.0. The van der Waals surface area contributed by atoms with Crippen LogP contribution in [0.4, 0.5) is 0 Å². The van der Waals surface area contributed by atoms with Crippen molar-refractivity contribution in [2.45, 2.75) is 133 Å². The molecule has 1 saturated carbocycles. The van der Waals surface area contributed by atoms with E-state index in [-0.39, 0.29) is 51.1 Å². The first kappa shape index (κ1) is 37.7. The molecular weight excluding hydrogens is 658 g/mol. The van der Waals surface area contributed by atoms with Crippen LogP contribution in [0.15, 0.2) is 30.5 Å². The Balaban J connectivity index is 1.33. The van der Waals surface area contributed by atoms with E-state index in [4.69, 9.17) is 28.9 Å². The number of likely N-dealkylation sites (tertiary alicyclic amines) is 1. The standard InChI is InChI=1S/C38H55N3O10/c1-3-5-7-16-37(17-8-6-4-2)49-30-29-24-38(36(46)40-19-9-10-28(40)34(44)39-18-20-42)32(35(45)48-29)41(51-33(38)31(30)50-37)25-27-13-11-26(12-14-27)15-22-47-23-21-43/h11-15,22,28-33,42-43H,3-10,16-21,23-25H2,1-2H3,(H,39,44)/t28-,29-,30+,31+,32+,33-,38+/m1/s1. The Hall–Kier alpha value is -3.07. The van der Waals surface area contributed by atoms with Crippen LogP contribution in [0.1, 0.15) is 95.6 Å². The zero-order valence-corrected chi connectivity index (χ0v) is 30.0. The van der Waals surface area contributed by atoms with Gasteiger partial charge in [0.2, 0.25) is 11.8 Å². The van der Waals surface area contributed by atoms with Gasteiger partial charge in [-0.05, 0) is 42.9 Å².